The molecule has 6 heteroatoms. The molecule has 0 aromatic heterocycles. The first-order chi connectivity index (χ1) is 13.1. The molecule has 4 rings (SSSR count). The summed E-state index contributed by atoms with van der Waals surface area (Å²) in [5.74, 6) is 0.252. The first-order valence-corrected chi connectivity index (χ1v) is 9.35. The minimum atomic E-state index is -0.484. The van der Waals surface area contributed by atoms with Gasteiger partial charge in [-0.3, -0.25) is 10.0 Å². The number of carbonyl (C=O) groups excluding carboxylic acids is 1. The third kappa shape index (κ3) is 3.63. The maximum Gasteiger partial charge on any atom is 0.248 e. The molecule has 1 unspecified atom stereocenters. The zero-order valence-electron chi connectivity index (χ0n) is 14.4. The number of nitrogens with two attached hydrogens (primary N) is 1. The predicted molar refractivity (Wildman–Crippen MR) is 105 cm³/mol. The summed E-state index contributed by atoms with van der Waals surface area (Å²) in [5, 5.41) is 11.5. The van der Waals surface area contributed by atoms with Crippen molar-refractivity contribution in [3.8, 4) is 5.75 Å². The highest BCUT2D eigenvalue weighted by Gasteiger charge is 2.31. The third-order valence-corrected chi connectivity index (χ3v) is 5.62. The van der Waals surface area contributed by atoms with Crippen LogP contribution >= 0.6 is 11.8 Å². The number of nitrogens with zero attached hydrogens (tertiary/aromatic N) is 1. The number of carbonyl (C=O) groups is 1. The van der Waals surface area contributed by atoms with Crippen molar-refractivity contribution < 1.29 is 14.7 Å². The summed E-state index contributed by atoms with van der Waals surface area (Å²) in [6.07, 6.45) is 0. The van der Waals surface area contributed by atoms with Gasteiger partial charge in [0.25, 0.3) is 0 Å². The van der Waals surface area contributed by atoms with Crippen molar-refractivity contribution in [2.45, 2.75) is 16.9 Å². The quantitative estimate of drug-likeness (QED) is 0.690. The van der Waals surface area contributed by atoms with Crippen LogP contribution in [0.15, 0.2) is 77.7 Å². The summed E-state index contributed by atoms with van der Waals surface area (Å²) >= 11 is 1.46. The largest absolute Gasteiger partial charge is 0.489 e. The van der Waals surface area contributed by atoms with Gasteiger partial charge in [0, 0.05) is 10.5 Å². The fraction of sp³-hybridized carbons (Fsp3) is 0.0952. The van der Waals surface area contributed by atoms with Gasteiger partial charge >= 0.3 is 0 Å². The molecule has 0 spiro atoms. The molecule has 1 aliphatic heterocycles. The minimum Gasteiger partial charge on any atom is -0.489 e. The van der Waals surface area contributed by atoms with Crippen LogP contribution in [0.5, 0.6) is 5.75 Å². The van der Waals surface area contributed by atoms with E-state index in [1.807, 2.05) is 54.6 Å². The SMILES string of the molecule is NC(=O)c1ccc2c(c1)SC(c1cccc(OCc3ccccc3)c1)N2O. The predicted octanol–water partition coefficient (Wildman–Crippen LogP) is 4.36. The highest BCUT2D eigenvalue weighted by molar-refractivity contribution is 8.00. The summed E-state index contributed by atoms with van der Waals surface area (Å²) in [5.41, 5.74) is 8.43. The van der Waals surface area contributed by atoms with E-state index < -0.39 is 5.91 Å². The summed E-state index contributed by atoms with van der Waals surface area (Å²) in [6.45, 7) is 0.479. The Labute approximate surface area is 161 Å². The van der Waals surface area contributed by atoms with E-state index >= 15 is 0 Å². The molecule has 3 N–H and O–H groups in total. The van der Waals surface area contributed by atoms with Crippen LogP contribution in [-0.4, -0.2) is 11.1 Å². The van der Waals surface area contributed by atoms with Crippen molar-refractivity contribution in [1.29, 1.82) is 0 Å². The fourth-order valence-electron chi connectivity index (χ4n) is 2.96. The first kappa shape index (κ1) is 17.5. The Hall–Kier alpha value is -2.96. The van der Waals surface area contributed by atoms with Crippen molar-refractivity contribution in [1.82, 2.24) is 0 Å². The number of primary amides is 1. The second-order valence-electron chi connectivity index (χ2n) is 6.21. The number of hydrogen-bond acceptors (Lipinski definition) is 5. The molecule has 0 saturated carbocycles. The molecule has 1 amide bonds. The number of benzene rings is 3. The average Bonchev–Trinajstić information content (AvgIpc) is 3.03. The Bertz CT molecular complexity index is 978. The zero-order chi connectivity index (χ0) is 18.8. The molecular weight excluding hydrogens is 360 g/mol. The van der Waals surface area contributed by atoms with Crippen LogP contribution in [0.25, 0.3) is 0 Å². The van der Waals surface area contributed by atoms with E-state index in [4.69, 9.17) is 10.5 Å². The highest BCUT2D eigenvalue weighted by Crippen LogP contribution is 2.50. The second-order valence-corrected chi connectivity index (χ2v) is 7.33. The number of hydrogen-bond donors (Lipinski definition) is 2. The second kappa shape index (κ2) is 7.34. The Morgan fingerprint density at radius 1 is 1.07 bits per heavy atom. The zero-order valence-corrected chi connectivity index (χ0v) is 15.2. The smallest absolute Gasteiger partial charge is 0.248 e. The van der Waals surface area contributed by atoms with E-state index in [2.05, 4.69) is 0 Å². The van der Waals surface area contributed by atoms with Crippen LogP contribution < -0.4 is 15.5 Å². The van der Waals surface area contributed by atoms with Crippen molar-refractivity contribution in [3.63, 3.8) is 0 Å². The highest BCUT2D eigenvalue weighted by atomic mass is 32.2. The summed E-state index contributed by atoms with van der Waals surface area (Å²) in [4.78, 5) is 12.2. The number of rotatable bonds is 5. The minimum absolute atomic E-state index is 0.316. The molecule has 5 nitrogen and oxygen atoms in total. The van der Waals surface area contributed by atoms with Gasteiger partial charge in [-0.2, -0.15) is 0 Å². The van der Waals surface area contributed by atoms with Gasteiger partial charge in [0.15, 0.2) is 0 Å². The molecule has 0 bridgehead atoms. The number of thioether (sulfide) groups is 1. The molecule has 136 valence electrons. The van der Waals surface area contributed by atoms with Crippen LogP contribution in [0.3, 0.4) is 0 Å². The Kier molecular flexibility index (Phi) is 4.75. The van der Waals surface area contributed by atoms with E-state index in [9.17, 15) is 10.0 Å². The van der Waals surface area contributed by atoms with Gasteiger partial charge < -0.3 is 10.5 Å². The van der Waals surface area contributed by atoms with E-state index in [1.165, 1.54) is 16.8 Å². The van der Waals surface area contributed by atoms with Crippen LogP contribution in [0, 0.1) is 0 Å². The number of hydroxylamine groups is 1. The Morgan fingerprint density at radius 2 is 1.89 bits per heavy atom. The van der Waals surface area contributed by atoms with Gasteiger partial charge in [-0.1, -0.05) is 54.2 Å². The number of amides is 1. The van der Waals surface area contributed by atoms with Crippen molar-refractivity contribution in [2.75, 3.05) is 5.06 Å². The lowest BCUT2D eigenvalue weighted by molar-refractivity contribution is 0.1000. The number of anilines is 1. The Balaban J connectivity index is 1.53. The normalized spacial score (nSPS) is 15.4. The molecule has 1 aliphatic rings. The van der Waals surface area contributed by atoms with Gasteiger partial charge in [-0.05, 0) is 41.5 Å². The fourth-order valence-corrected chi connectivity index (χ4v) is 4.17. The van der Waals surface area contributed by atoms with Crippen molar-refractivity contribution in [2.24, 2.45) is 5.73 Å². The van der Waals surface area contributed by atoms with Crippen LogP contribution in [0.4, 0.5) is 5.69 Å². The molecule has 0 fully saturated rings. The molecule has 0 radical (unpaired) electrons. The van der Waals surface area contributed by atoms with E-state index in [1.54, 1.807) is 18.2 Å². The topological polar surface area (TPSA) is 75.8 Å². The number of ether oxygens (including phenoxy) is 1. The van der Waals surface area contributed by atoms with Gasteiger partial charge in [0.1, 0.15) is 17.7 Å². The third-order valence-electron chi connectivity index (χ3n) is 4.34. The lowest BCUT2D eigenvalue weighted by Crippen LogP contribution is -2.18. The lowest BCUT2D eigenvalue weighted by Gasteiger charge is -2.20. The molecule has 0 aliphatic carbocycles. The van der Waals surface area contributed by atoms with Crippen LogP contribution in [0.2, 0.25) is 0 Å². The van der Waals surface area contributed by atoms with Crippen molar-refractivity contribution in [3.05, 3.63) is 89.5 Å². The average molecular weight is 378 g/mol. The lowest BCUT2D eigenvalue weighted by atomic mass is 10.1. The standard InChI is InChI=1S/C21H18N2O3S/c22-20(24)15-9-10-18-19(12-15)27-21(23(18)25)16-7-4-8-17(11-16)26-13-14-5-2-1-3-6-14/h1-12,21,25H,13H2,(H2,22,24). The molecule has 27 heavy (non-hydrogen) atoms. The van der Waals surface area contributed by atoms with Crippen molar-refractivity contribution >= 4 is 23.4 Å². The first-order valence-electron chi connectivity index (χ1n) is 8.47. The van der Waals surface area contributed by atoms with Gasteiger partial charge in [-0.25, -0.2) is 5.06 Å². The maximum absolute atomic E-state index is 11.4. The molecule has 3 aromatic carbocycles. The van der Waals surface area contributed by atoms with E-state index in [0.717, 1.165) is 21.8 Å². The molecule has 0 saturated heterocycles. The van der Waals surface area contributed by atoms with Crippen LogP contribution in [0.1, 0.15) is 26.9 Å². The molecule has 3 aromatic rings. The van der Waals surface area contributed by atoms with E-state index in [-0.39, 0.29) is 5.37 Å². The van der Waals surface area contributed by atoms with Crippen LogP contribution in [-0.2, 0) is 6.61 Å². The van der Waals surface area contributed by atoms with Gasteiger partial charge in [0.05, 0.1) is 5.69 Å². The maximum atomic E-state index is 11.4. The van der Waals surface area contributed by atoms with E-state index in [0.29, 0.717) is 17.9 Å². The Morgan fingerprint density at radius 3 is 2.67 bits per heavy atom. The summed E-state index contributed by atoms with van der Waals surface area (Å²) in [7, 11) is 0. The monoisotopic (exact) mass is 378 g/mol. The molecule has 1 heterocycles. The number of fused-ring (bicyclic) bond motifs is 1. The summed E-state index contributed by atoms with van der Waals surface area (Å²) < 4.78 is 5.88. The molecule has 1 atom stereocenters. The van der Waals surface area contributed by atoms with Gasteiger partial charge in [-0.15, -0.1) is 0 Å². The van der Waals surface area contributed by atoms with Gasteiger partial charge in [0.2, 0.25) is 5.91 Å². The summed E-state index contributed by atoms with van der Waals surface area (Å²) in [6, 6.07) is 22.6. The molecular formula is C21H18N2O3S.